The molecule has 1 aliphatic rings. The molecule has 0 saturated carbocycles. The zero-order chi connectivity index (χ0) is 19.4. The van der Waals surface area contributed by atoms with Crippen molar-refractivity contribution in [2.75, 3.05) is 41.7 Å². The third kappa shape index (κ3) is 4.78. The Bertz CT molecular complexity index is 825. The van der Waals surface area contributed by atoms with Crippen molar-refractivity contribution in [3.05, 3.63) is 53.6 Å². The fraction of sp³-hybridized carbons (Fsp3) is 0.333. The highest BCUT2D eigenvalue weighted by molar-refractivity contribution is 5.91. The third-order valence-corrected chi connectivity index (χ3v) is 4.73. The molecule has 1 saturated heterocycles. The van der Waals surface area contributed by atoms with Gasteiger partial charge in [-0.05, 0) is 55.3 Å². The van der Waals surface area contributed by atoms with E-state index < -0.39 is 0 Å². The molecule has 6 nitrogen and oxygen atoms in total. The van der Waals surface area contributed by atoms with Gasteiger partial charge in [-0.25, -0.2) is 4.79 Å². The summed E-state index contributed by atoms with van der Waals surface area (Å²) >= 11 is 0. The number of hydrogen-bond acceptors (Lipinski definition) is 3. The predicted octanol–water partition coefficient (Wildman–Crippen LogP) is 3.62. The Kier molecular flexibility index (Phi) is 5.64. The summed E-state index contributed by atoms with van der Waals surface area (Å²) in [5, 5.41) is 5.63. The van der Waals surface area contributed by atoms with E-state index in [9.17, 15) is 9.59 Å². The molecule has 3 amide bonds. The smallest absolute Gasteiger partial charge is 0.321 e. The number of carbonyl (C=O) groups is 2. The molecule has 0 aliphatic carbocycles. The number of urea groups is 1. The molecule has 2 N–H and O–H groups in total. The van der Waals surface area contributed by atoms with Gasteiger partial charge in [0.25, 0.3) is 0 Å². The number of rotatable bonds is 3. The van der Waals surface area contributed by atoms with Crippen molar-refractivity contribution >= 4 is 29.0 Å². The lowest BCUT2D eigenvalue weighted by Gasteiger charge is -2.36. The number of anilines is 3. The number of carbonyl (C=O) groups excluding carboxylic acids is 2. The Labute approximate surface area is 160 Å². The minimum Gasteiger partial charge on any atom is -0.368 e. The normalized spacial score (nSPS) is 14.0. The summed E-state index contributed by atoms with van der Waals surface area (Å²) in [6.07, 6.45) is 0. The largest absolute Gasteiger partial charge is 0.368 e. The number of piperazine rings is 1. The van der Waals surface area contributed by atoms with Crippen LogP contribution < -0.4 is 15.5 Å². The number of nitrogens with one attached hydrogen (secondary N) is 2. The summed E-state index contributed by atoms with van der Waals surface area (Å²) in [7, 11) is 0. The second-order valence-corrected chi connectivity index (χ2v) is 6.95. The molecule has 1 aliphatic heterocycles. The van der Waals surface area contributed by atoms with Crippen molar-refractivity contribution in [2.24, 2.45) is 0 Å². The standard InChI is InChI=1S/C21H26N4O2/c1-15-4-5-16(2)20(14-15)24-10-12-25(13-11-24)21(27)23-19-8-6-18(7-9-19)22-17(3)26/h4-9,14H,10-13H2,1-3H3,(H,22,26)(H,23,27). The van der Waals surface area contributed by atoms with Crippen LogP contribution in [-0.4, -0.2) is 43.0 Å². The minimum atomic E-state index is -0.117. The first-order valence-corrected chi connectivity index (χ1v) is 9.18. The molecule has 0 spiro atoms. The topological polar surface area (TPSA) is 64.7 Å². The van der Waals surface area contributed by atoms with Gasteiger partial charge in [-0.2, -0.15) is 0 Å². The van der Waals surface area contributed by atoms with Crippen molar-refractivity contribution in [2.45, 2.75) is 20.8 Å². The fourth-order valence-corrected chi connectivity index (χ4v) is 3.25. The molecule has 2 aromatic rings. The highest BCUT2D eigenvalue weighted by atomic mass is 16.2. The fourth-order valence-electron chi connectivity index (χ4n) is 3.25. The van der Waals surface area contributed by atoms with Crippen molar-refractivity contribution in [1.29, 1.82) is 0 Å². The molecule has 0 aromatic heterocycles. The Hall–Kier alpha value is -3.02. The molecule has 142 valence electrons. The summed E-state index contributed by atoms with van der Waals surface area (Å²) in [5.74, 6) is -0.117. The highest BCUT2D eigenvalue weighted by Gasteiger charge is 2.22. The van der Waals surface area contributed by atoms with E-state index in [1.54, 1.807) is 24.3 Å². The van der Waals surface area contributed by atoms with Crippen LogP contribution in [0.4, 0.5) is 21.9 Å². The summed E-state index contributed by atoms with van der Waals surface area (Å²) in [5.41, 5.74) is 5.19. The maximum atomic E-state index is 12.5. The van der Waals surface area contributed by atoms with Gasteiger partial charge in [0.05, 0.1) is 0 Å². The van der Waals surface area contributed by atoms with Crippen molar-refractivity contribution in [3.8, 4) is 0 Å². The molecule has 0 radical (unpaired) electrons. The van der Waals surface area contributed by atoms with Gasteiger partial charge >= 0.3 is 6.03 Å². The molecule has 0 bridgehead atoms. The second-order valence-electron chi connectivity index (χ2n) is 6.95. The zero-order valence-electron chi connectivity index (χ0n) is 16.1. The summed E-state index contributed by atoms with van der Waals surface area (Å²) in [6, 6.07) is 13.5. The Balaban J connectivity index is 1.55. The predicted molar refractivity (Wildman–Crippen MR) is 109 cm³/mol. The van der Waals surface area contributed by atoms with Crippen molar-refractivity contribution < 1.29 is 9.59 Å². The summed E-state index contributed by atoms with van der Waals surface area (Å²) < 4.78 is 0. The van der Waals surface area contributed by atoms with Crippen molar-refractivity contribution in [3.63, 3.8) is 0 Å². The molecule has 0 unspecified atom stereocenters. The van der Waals surface area contributed by atoms with Gasteiger partial charge in [0.15, 0.2) is 0 Å². The molecule has 0 atom stereocenters. The van der Waals surface area contributed by atoms with Crippen molar-refractivity contribution in [1.82, 2.24) is 4.90 Å². The molecular formula is C21H26N4O2. The average Bonchev–Trinajstić information content (AvgIpc) is 2.65. The Morgan fingerprint density at radius 1 is 0.852 bits per heavy atom. The summed E-state index contributed by atoms with van der Waals surface area (Å²) in [4.78, 5) is 27.8. The molecule has 3 rings (SSSR count). The van der Waals surface area contributed by atoms with Gasteiger partial charge in [-0.15, -0.1) is 0 Å². The SMILES string of the molecule is CC(=O)Nc1ccc(NC(=O)N2CCN(c3cc(C)ccc3C)CC2)cc1. The van der Waals surface area contributed by atoms with Crippen LogP contribution in [-0.2, 0) is 4.79 Å². The molecule has 27 heavy (non-hydrogen) atoms. The first-order chi connectivity index (χ1) is 12.9. The number of nitrogens with zero attached hydrogens (tertiary/aromatic N) is 2. The lowest BCUT2D eigenvalue weighted by Crippen LogP contribution is -2.50. The van der Waals surface area contributed by atoms with Gasteiger partial charge in [0.2, 0.25) is 5.91 Å². The first kappa shape index (κ1) is 18.8. The van der Waals surface area contributed by atoms with Crippen LogP contribution in [0, 0.1) is 13.8 Å². The van der Waals surface area contributed by atoms with Crippen LogP contribution in [0.15, 0.2) is 42.5 Å². The van der Waals surface area contributed by atoms with Crippen LogP contribution in [0.2, 0.25) is 0 Å². The minimum absolute atomic E-state index is 0.0945. The quantitative estimate of drug-likeness (QED) is 0.872. The maximum Gasteiger partial charge on any atom is 0.321 e. The number of amides is 3. The van der Waals surface area contributed by atoms with Crippen LogP contribution >= 0.6 is 0 Å². The zero-order valence-corrected chi connectivity index (χ0v) is 16.1. The van der Waals surface area contributed by atoms with Gasteiger partial charge in [-0.1, -0.05) is 12.1 Å². The van der Waals surface area contributed by atoms with Gasteiger partial charge in [0.1, 0.15) is 0 Å². The van der Waals surface area contributed by atoms with E-state index in [4.69, 9.17) is 0 Å². The number of aryl methyl sites for hydroxylation is 2. The van der Waals surface area contributed by atoms with Gasteiger partial charge in [-0.3, -0.25) is 4.79 Å². The number of benzene rings is 2. The molecular weight excluding hydrogens is 340 g/mol. The van der Waals surface area contributed by atoms with Crippen LogP contribution in [0.3, 0.4) is 0 Å². The molecule has 1 fully saturated rings. The monoisotopic (exact) mass is 366 g/mol. The van der Waals surface area contributed by atoms with Crippen LogP contribution in [0.5, 0.6) is 0 Å². The summed E-state index contributed by atoms with van der Waals surface area (Å²) in [6.45, 7) is 8.70. The van der Waals surface area contributed by atoms with Crippen LogP contribution in [0.25, 0.3) is 0 Å². The van der Waals surface area contributed by atoms with Gasteiger partial charge in [0, 0.05) is 50.2 Å². The molecule has 2 aromatic carbocycles. The van der Waals surface area contributed by atoms with E-state index in [1.165, 1.54) is 23.7 Å². The van der Waals surface area contributed by atoms with Gasteiger partial charge < -0.3 is 20.4 Å². The lowest BCUT2D eigenvalue weighted by atomic mass is 10.1. The van der Waals surface area contributed by atoms with E-state index in [-0.39, 0.29) is 11.9 Å². The molecule has 1 heterocycles. The third-order valence-electron chi connectivity index (χ3n) is 4.73. The highest BCUT2D eigenvalue weighted by Crippen LogP contribution is 2.23. The number of hydrogen-bond donors (Lipinski definition) is 2. The van der Waals surface area contributed by atoms with E-state index in [0.29, 0.717) is 24.5 Å². The Morgan fingerprint density at radius 2 is 1.44 bits per heavy atom. The Morgan fingerprint density at radius 3 is 2.04 bits per heavy atom. The van der Waals surface area contributed by atoms with E-state index in [0.717, 1.165) is 13.1 Å². The van der Waals surface area contributed by atoms with E-state index in [1.807, 2.05) is 4.90 Å². The second kappa shape index (κ2) is 8.12. The van der Waals surface area contributed by atoms with Crippen LogP contribution in [0.1, 0.15) is 18.1 Å². The van der Waals surface area contributed by atoms with E-state index in [2.05, 4.69) is 47.6 Å². The maximum absolute atomic E-state index is 12.5. The first-order valence-electron chi connectivity index (χ1n) is 9.18. The van der Waals surface area contributed by atoms with E-state index >= 15 is 0 Å². The molecule has 6 heteroatoms. The average molecular weight is 366 g/mol. The lowest BCUT2D eigenvalue weighted by molar-refractivity contribution is -0.114.